The van der Waals surface area contributed by atoms with Gasteiger partial charge in [-0.3, -0.25) is 59.2 Å². The number of nitrogens with zero attached hydrogens (tertiary/aromatic N) is 7. The number of alkyl halides is 11. The van der Waals surface area contributed by atoms with Crippen LogP contribution in [0.4, 0.5) is 71.0 Å². The molecular formula is C94H92Cl3F11N10O26S4. The Morgan fingerprint density at radius 2 is 0.865 bits per heavy atom. The first-order chi connectivity index (χ1) is 68.6. The van der Waals surface area contributed by atoms with E-state index in [4.69, 9.17) is 49.8 Å². The molecule has 0 saturated carbocycles. The highest BCUT2D eigenvalue weighted by molar-refractivity contribution is 8.13. The van der Waals surface area contributed by atoms with Crippen LogP contribution in [0.2, 0.25) is 0 Å². The van der Waals surface area contributed by atoms with Crippen LogP contribution in [-0.4, -0.2) is 154 Å². The number of esters is 4. The van der Waals surface area contributed by atoms with E-state index in [9.17, 15) is 126 Å². The van der Waals surface area contributed by atoms with Crippen LogP contribution in [0.5, 0.6) is 23.0 Å². The van der Waals surface area contributed by atoms with Crippen molar-refractivity contribution in [3.63, 3.8) is 0 Å². The van der Waals surface area contributed by atoms with Gasteiger partial charge in [-0.15, -0.1) is 0 Å². The highest BCUT2D eigenvalue weighted by Crippen LogP contribution is 2.44. The molecule has 0 radical (unpaired) electrons. The van der Waals surface area contributed by atoms with Gasteiger partial charge in [-0.1, -0.05) is 121 Å². The molecule has 0 aliphatic carbocycles. The number of nitro benzene ring substituents is 2. The molecule has 5 unspecified atom stereocenters. The fourth-order valence-corrected chi connectivity index (χ4v) is 17.4. The summed E-state index contributed by atoms with van der Waals surface area (Å²) < 4.78 is 278. The van der Waals surface area contributed by atoms with E-state index in [0.717, 1.165) is 172 Å². The lowest BCUT2D eigenvalue weighted by Crippen LogP contribution is -3.00. The summed E-state index contributed by atoms with van der Waals surface area (Å²) in [5.74, 6) is -2.27. The summed E-state index contributed by atoms with van der Waals surface area (Å²) >= 11 is 0. The molecule has 54 heteroatoms. The van der Waals surface area contributed by atoms with Crippen LogP contribution < -0.4 is 64.4 Å². The van der Waals surface area contributed by atoms with Gasteiger partial charge >= 0.3 is 52.5 Å². The number of pyridine rings is 4. The topological polar surface area (TPSA) is 505 Å². The molecule has 0 fully saturated rings. The molecule has 148 heavy (non-hydrogen) atoms. The molecular weight excluding hydrogens is 2130 g/mol. The predicted molar refractivity (Wildman–Crippen MR) is 499 cm³/mol. The van der Waals surface area contributed by atoms with Crippen LogP contribution in [0.25, 0.3) is 0 Å². The Hall–Kier alpha value is -13.8. The smallest absolute Gasteiger partial charge is 0.420 e. The van der Waals surface area contributed by atoms with E-state index in [-0.39, 0.29) is 77.9 Å². The molecule has 7 N–H and O–H groups in total. The summed E-state index contributed by atoms with van der Waals surface area (Å²) in [7, 11) is -13.9. The number of aliphatic hydroxyl groups is 3. The number of nitrogens with one attached hydrogen (secondary N) is 2. The Bertz CT molecular complexity index is 6780. The zero-order valence-electron chi connectivity index (χ0n) is 77.7. The monoisotopic (exact) mass is 2220 g/mol. The number of nitro groups is 2. The van der Waals surface area contributed by atoms with Gasteiger partial charge in [-0.25, -0.2) is 34.7 Å². The Labute approximate surface area is 856 Å². The maximum atomic E-state index is 14.0. The third-order valence-corrected chi connectivity index (χ3v) is 24.3. The second-order valence-corrected chi connectivity index (χ2v) is 37.2. The lowest BCUT2D eigenvalue weighted by Gasteiger charge is -2.25. The number of fused-ring (bicyclic) bond motifs is 1. The first-order valence-electron chi connectivity index (χ1n) is 42.3. The minimum Gasteiger partial charge on any atom is -1.00 e. The number of β-amino-alcohol motifs (C(OH)–C–C–N with tert-alkyl or cyclic N) is 1. The number of ether oxygens (including phenoxy) is 4. The third kappa shape index (κ3) is 40.8. The number of carbonyl (C=O) groups is 4. The molecule has 0 spiro atoms. The molecule has 0 saturated heterocycles. The molecule has 13 rings (SSSR count). The summed E-state index contributed by atoms with van der Waals surface area (Å²) in [6, 6.07) is 60.0. The van der Waals surface area contributed by atoms with E-state index in [1.165, 1.54) is 79.7 Å². The number of nitrogens with two attached hydrogens (primary N) is 1. The molecule has 5 heterocycles. The van der Waals surface area contributed by atoms with Crippen molar-refractivity contribution in [1.29, 1.82) is 0 Å². The Kier molecular flexibility index (Phi) is 48.9. The number of para-hydroxylation sites is 4. The van der Waals surface area contributed by atoms with E-state index in [2.05, 4.69) is 50.6 Å². The molecule has 4 aromatic heterocycles. The number of H-pyrrole nitrogens is 1. The number of rotatable bonds is 31. The average Bonchev–Trinajstić information content (AvgIpc) is 0.790. The van der Waals surface area contributed by atoms with E-state index in [1.807, 2.05) is 77.6 Å². The Morgan fingerprint density at radius 3 is 1.23 bits per heavy atom. The quantitative estimate of drug-likeness (QED) is 0.00310. The number of anilines is 2. The van der Waals surface area contributed by atoms with Gasteiger partial charge in [0.2, 0.25) is 0 Å². The van der Waals surface area contributed by atoms with Gasteiger partial charge in [-0.05, 0) is 138 Å². The lowest BCUT2D eigenvalue weighted by molar-refractivity contribution is -0.773. The zero-order chi connectivity index (χ0) is 108. The number of carbonyl (C=O) groups excluding carboxylic acids is 4. The number of aromatic amines is 1. The molecule has 5 atom stereocenters. The lowest BCUT2D eigenvalue weighted by atomic mass is 10.1. The third-order valence-electron chi connectivity index (χ3n) is 18.9. The highest BCUT2D eigenvalue weighted by atomic mass is 35.7. The fraction of sp³-hybridized carbons (Fsp3) is 0.234. The molecule has 8 aromatic carbocycles. The van der Waals surface area contributed by atoms with E-state index < -0.39 is 176 Å². The van der Waals surface area contributed by atoms with Gasteiger partial charge in [0.25, 0.3) is 53.3 Å². The molecule has 0 amide bonds. The van der Waals surface area contributed by atoms with Crippen molar-refractivity contribution in [2.24, 2.45) is 0 Å². The predicted octanol–water partition coefficient (Wildman–Crippen LogP) is 9.99. The largest absolute Gasteiger partial charge is 1.00 e. The maximum Gasteiger partial charge on any atom is 0.420 e. The molecule has 12 aromatic rings. The van der Waals surface area contributed by atoms with Crippen LogP contribution in [0, 0.1) is 20.2 Å². The van der Waals surface area contributed by atoms with Gasteiger partial charge < -0.3 is 70.1 Å². The minimum atomic E-state index is -5.15. The second kappa shape index (κ2) is 58.1. The SMILES string of the molecule is CC(=O)Oc1ccc(C(O)C(F)F)cc1.CC(=O)Oc1ccc(C(OS(=O)(=O)c2ccccc2N)C(F)(F)F)cc1.CC(=O)Oc1ccc(C(OS(=O)(=O)c2ccccc2NCCN(Cc2ccccn2)Cc2ccccn2)C(F)(F)F)cc1.CC(=O)Oc1ccc(C(OS(=O)(=O)c2ccccc2[N+](=O)[O-])C(F)(F)F)cc1.CCO.O=[N+]([O-])c1ccccc1S(=O)(=O)Cl.OC1CN(Cc2cccc[nH+]2)Cc2cccc[n+]21.[Cl-].[Cl-]. The zero-order valence-corrected chi connectivity index (χ0v) is 83.2. The summed E-state index contributed by atoms with van der Waals surface area (Å²) in [6.07, 6.45) is -21.5. The summed E-state index contributed by atoms with van der Waals surface area (Å²) in [6.45, 7) is 10.6. The summed E-state index contributed by atoms with van der Waals surface area (Å²) in [4.78, 5) is 76.6. The number of aromatic nitrogens is 4. The first kappa shape index (κ1) is 125. The summed E-state index contributed by atoms with van der Waals surface area (Å²) in [5.41, 5.74) is 6.40. The van der Waals surface area contributed by atoms with Crippen LogP contribution >= 0.6 is 10.7 Å². The van der Waals surface area contributed by atoms with Crippen LogP contribution in [0.3, 0.4) is 0 Å². The Morgan fingerprint density at radius 1 is 0.514 bits per heavy atom. The van der Waals surface area contributed by atoms with Crippen LogP contribution in [0.15, 0.2) is 311 Å². The normalized spacial score (nSPS) is 13.2. The highest BCUT2D eigenvalue weighted by Gasteiger charge is 2.49. The van der Waals surface area contributed by atoms with Crippen molar-refractivity contribution in [2.75, 3.05) is 37.3 Å². The van der Waals surface area contributed by atoms with Crippen LogP contribution in [-0.2, 0) is 97.3 Å². The van der Waals surface area contributed by atoms with E-state index in [0.29, 0.717) is 26.2 Å². The maximum absolute atomic E-state index is 14.0. The van der Waals surface area contributed by atoms with Crippen molar-refractivity contribution in [3.8, 4) is 23.0 Å². The van der Waals surface area contributed by atoms with Crippen molar-refractivity contribution in [2.45, 2.75) is 136 Å². The van der Waals surface area contributed by atoms with Crippen molar-refractivity contribution in [1.82, 2.24) is 19.8 Å². The average molecular weight is 2220 g/mol. The van der Waals surface area contributed by atoms with Gasteiger partial charge in [0.15, 0.2) is 51.9 Å². The summed E-state index contributed by atoms with van der Waals surface area (Å²) in [5, 5.41) is 51.1. The Balaban J connectivity index is 0.000000324. The number of hydrogen-bond donors (Lipinski definition) is 5. The first-order valence-corrected chi connectivity index (χ1v) is 48.8. The number of nitrogen functional groups attached to an aromatic ring is 1. The second-order valence-electron chi connectivity index (χ2n) is 30.0. The fourth-order valence-electron chi connectivity index (χ4n) is 12.7. The molecule has 36 nitrogen and oxygen atoms in total. The van der Waals surface area contributed by atoms with E-state index in [1.54, 1.807) is 25.4 Å². The van der Waals surface area contributed by atoms with Crippen LogP contribution in [0.1, 0.15) is 110 Å². The van der Waals surface area contributed by atoms with Crippen molar-refractivity contribution < 1.29 is 192 Å². The number of aliphatic hydroxyl groups excluding tert-OH is 3. The van der Waals surface area contributed by atoms with Gasteiger partial charge in [0.05, 0.1) is 52.2 Å². The minimum absolute atomic E-state index is 0. The standard InChI is InChI=1S/C30H29F3N4O5S.C16H12F3NO7S.C16H14F3NO5S.C14H16N3O.C10H10F2O3.C6H4ClNO4S.C2H6O.2ClH/c1-22(38)41-26-14-12-23(13-15-26)29(30(31,32)33)42-43(39,40)28-11-3-2-10-27(28)36-18-19-37(20-24-8-4-6-16-34-24)21-25-9-5-7-17-35-25;1-10(21)26-12-8-6-11(7-9-12)15(16(17,18)19)27-28(24,25)14-5-3-2-4-13(14)20(22)23;1-10(21)24-12-8-6-11(7-9-12)15(16(17,18)19)25-26(22,23)14-5-3-2-4-13(14)20;18-14-11-16(9-12-5-1-3-7-15-12)10-13-6-2-4-8-17(13)14;1-6(13)15-8-4-2-7(3-5-8)9(14)10(11)12;7-13(11,12)6-4-2-1-3-5(6)8(9)10;1-2-3;;/h2-17,29,36H,18-21H2,1H3;2-9,15H,1H3;2-9,15H,20H2,1H3;1-8,14,18H,9-11H2;2-5,9-10,14H,1H3;1-4H;3H,2H2,1H3;2*1H/q;;;+1;;;;;/p-1. The van der Waals surface area contributed by atoms with Crippen molar-refractivity contribution >= 4 is 96.7 Å². The molecule has 0 bridgehead atoms. The molecule has 1 aliphatic heterocycles. The van der Waals surface area contributed by atoms with Gasteiger partial charge in [0.1, 0.15) is 38.9 Å². The van der Waals surface area contributed by atoms with E-state index >= 15 is 0 Å². The number of benzene rings is 8. The van der Waals surface area contributed by atoms with Crippen molar-refractivity contribution in [3.05, 3.63) is 357 Å². The van der Waals surface area contributed by atoms with Gasteiger partial charge in [0, 0.05) is 120 Å². The molecule has 796 valence electrons. The number of halogens is 14. The number of hydrogen-bond acceptors (Lipinski definition) is 32. The molecule has 1 aliphatic rings. The van der Waals surface area contributed by atoms with Gasteiger partial charge in [-0.2, -0.15) is 69.3 Å².